The maximum atomic E-state index is 13.0. The van der Waals surface area contributed by atoms with E-state index >= 15 is 0 Å². The summed E-state index contributed by atoms with van der Waals surface area (Å²) < 4.78 is 14.7. The lowest BCUT2D eigenvalue weighted by Gasteiger charge is -2.38. The third-order valence-corrected chi connectivity index (χ3v) is 14.9. The number of aromatic nitrogens is 6. The fourth-order valence-corrected chi connectivity index (χ4v) is 10.1. The molecular formula is C63H77N15O13. The third-order valence-electron chi connectivity index (χ3n) is 14.9. The van der Waals surface area contributed by atoms with Crippen molar-refractivity contribution < 1.29 is 62.5 Å². The van der Waals surface area contributed by atoms with E-state index in [4.69, 9.17) is 36.5 Å². The topological polar surface area (TPSA) is 412 Å². The van der Waals surface area contributed by atoms with Crippen molar-refractivity contribution >= 4 is 70.3 Å². The number of carboxylic acid groups (broad SMARTS) is 1. The number of nitrogens with zero attached hydrogens (tertiary/aromatic N) is 8. The van der Waals surface area contributed by atoms with E-state index in [0.717, 1.165) is 66.9 Å². The SMILES string of the molecule is COc1ncc(NC(=O)C(=O)N2C[C@@H](C)CC[C@@H]2c2ccc(C)cn2)cc1C(N)=O.COc1ncc(NC(=O)C(=O)N2C[C@@H](C)CC[C@H]2c2ccc(C)cn2)cc1C(N)=O.COc1ncc(NC(=O)C(=O)O)cc1C(N)=O.Cc1ccc(C2CCC(C)CN2)nc1. The molecule has 482 valence electrons. The van der Waals surface area contributed by atoms with Crippen LogP contribution in [-0.4, -0.2) is 139 Å². The van der Waals surface area contributed by atoms with Gasteiger partial charge in [-0.1, -0.05) is 39.0 Å². The number of hydrogen-bond acceptors (Lipinski definition) is 19. The Bertz CT molecular complexity index is 3430. The highest BCUT2D eigenvalue weighted by molar-refractivity contribution is 6.40. The molecule has 9 rings (SSSR count). The lowest BCUT2D eigenvalue weighted by Crippen LogP contribution is -2.46. The Labute approximate surface area is 525 Å². The monoisotopic (exact) mass is 1250 g/mol. The number of piperidine rings is 3. The van der Waals surface area contributed by atoms with Crippen molar-refractivity contribution in [1.29, 1.82) is 0 Å². The number of rotatable bonds is 12. The summed E-state index contributed by atoms with van der Waals surface area (Å²) in [4.78, 5) is 135. The zero-order valence-corrected chi connectivity index (χ0v) is 52.1. The number of carbonyl (C=O) groups is 9. The lowest BCUT2D eigenvalue weighted by atomic mass is 9.92. The fourth-order valence-electron chi connectivity index (χ4n) is 10.1. The van der Waals surface area contributed by atoms with Crippen molar-refractivity contribution in [3.8, 4) is 17.6 Å². The Morgan fingerprint density at radius 3 is 1.11 bits per heavy atom. The summed E-state index contributed by atoms with van der Waals surface area (Å²) in [5, 5.41) is 18.9. The summed E-state index contributed by atoms with van der Waals surface area (Å²) in [6.45, 7) is 14.4. The Kier molecular flexibility index (Phi) is 25.0. The van der Waals surface area contributed by atoms with Crippen LogP contribution >= 0.6 is 0 Å². The van der Waals surface area contributed by atoms with Crippen LogP contribution in [0.25, 0.3) is 0 Å². The number of nitrogens with one attached hydrogen (secondary N) is 4. The summed E-state index contributed by atoms with van der Waals surface area (Å²) in [6, 6.07) is 15.7. The largest absolute Gasteiger partial charge is 0.480 e. The molecule has 91 heavy (non-hydrogen) atoms. The van der Waals surface area contributed by atoms with E-state index in [9.17, 15) is 43.2 Å². The van der Waals surface area contributed by atoms with E-state index < -0.39 is 53.2 Å². The Morgan fingerprint density at radius 2 is 0.813 bits per heavy atom. The number of anilines is 3. The van der Waals surface area contributed by atoms with Crippen LogP contribution in [0, 0.1) is 38.5 Å². The van der Waals surface area contributed by atoms with Gasteiger partial charge in [0.15, 0.2) is 0 Å². The van der Waals surface area contributed by atoms with Crippen molar-refractivity contribution in [2.75, 3.05) is 56.9 Å². The molecule has 3 aliphatic heterocycles. The average molecular weight is 1250 g/mol. The van der Waals surface area contributed by atoms with E-state index in [0.29, 0.717) is 19.1 Å². The number of aliphatic carboxylic acids is 1. The van der Waals surface area contributed by atoms with Gasteiger partial charge in [-0.15, -0.1) is 0 Å². The Morgan fingerprint density at radius 1 is 0.473 bits per heavy atom. The van der Waals surface area contributed by atoms with Gasteiger partial charge < -0.3 is 67.6 Å². The first-order valence-corrected chi connectivity index (χ1v) is 29.1. The number of carboxylic acids is 1. The predicted octanol–water partition coefficient (Wildman–Crippen LogP) is 5.32. The number of likely N-dealkylation sites (tertiary alicyclic amines) is 2. The molecule has 6 aromatic rings. The first-order chi connectivity index (χ1) is 43.3. The van der Waals surface area contributed by atoms with E-state index in [2.05, 4.69) is 71.8 Å². The molecule has 6 atom stereocenters. The summed E-state index contributed by atoms with van der Waals surface area (Å²) >= 11 is 0. The zero-order valence-electron chi connectivity index (χ0n) is 52.1. The first-order valence-electron chi connectivity index (χ1n) is 29.1. The van der Waals surface area contributed by atoms with Gasteiger partial charge in [0.2, 0.25) is 17.6 Å². The van der Waals surface area contributed by atoms with Crippen LogP contribution in [0.2, 0.25) is 0 Å². The molecule has 0 radical (unpaired) electrons. The van der Waals surface area contributed by atoms with Crippen molar-refractivity contribution in [2.45, 2.75) is 98.2 Å². The van der Waals surface area contributed by atoms with Crippen molar-refractivity contribution in [3.05, 3.63) is 142 Å². The maximum Gasteiger partial charge on any atom is 0.394 e. The van der Waals surface area contributed by atoms with E-state index in [1.165, 1.54) is 76.0 Å². The molecule has 3 fully saturated rings. The molecule has 3 saturated heterocycles. The number of carbonyl (C=O) groups excluding carboxylic acids is 8. The van der Waals surface area contributed by atoms with E-state index in [1.807, 2.05) is 63.5 Å². The highest BCUT2D eigenvalue weighted by Gasteiger charge is 2.37. The highest BCUT2D eigenvalue weighted by Crippen LogP contribution is 2.35. The van der Waals surface area contributed by atoms with E-state index in [-0.39, 0.29) is 75.3 Å². The second kappa shape index (κ2) is 32.6. The highest BCUT2D eigenvalue weighted by atomic mass is 16.5. The van der Waals surface area contributed by atoms with Gasteiger partial charge >= 0.3 is 35.5 Å². The number of pyridine rings is 6. The molecular weight excluding hydrogens is 1170 g/mol. The molecule has 8 amide bonds. The van der Waals surface area contributed by atoms with Gasteiger partial charge in [-0.3, -0.25) is 53.3 Å². The molecule has 28 heteroatoms. The van der Waals surface area contributed by atoms with Gasteiger partial charge in [-0.05, 0) is 137 Å². The summed E-state index contributed by atoms with van der Waals surface area (Å²) in [5.74, 6) is -6.72. The van der Waals surface area contributed by atoms with Crippen LogP contribution < -0.4 is 52.7 Å². The smallest absolute Gasteiger partial charge is 0.394 e. The van der Waals surface area contributed by atoms with Gasteiger partial charge in [-0.2, -0.15) is 0 Å². The van der Waals surface area contributed by atoms with Crippen LogP contribution in [0.5, 0.6) is 17.6 Å². The van der Waals surface area contributed by atoms with Crippen LogP contribution in [0.3, 0.4) is 0 Å². The molecule has 11 N–H and O–H groups in total. The molecule has 6 aromatic heterocycles. The number of amides is 8. The number of hydrogen-bond donors (Lipinski definition) is 8. The summed E-state index contributed by atoms with van der Waals surface area (Å²) in [7, 11) is 4.00. The maximum absolute atomic E-state index is 13.0. The third kappa shape index (κ3) is 19.5. The van der Waals surface area contributed by atoms with Crippen LogP contribution in [0.1, 0.15) is 142 Å². The standard InChI is InChI=1S/2C21H25N5O4.C12H18N2.C9H9N3O5/c2*1-12-4-6-16(23-9-12)17-7-5-13(2)11-26(17)21(29)19(28)25-14-8-15(18(22)27)20(30-3)24-10-14;1-9-3-5-11(13-7-9)12-6-4-10(2)8-14-12;1-17-8-5(6(10)13)2-4(3-11-8)12-7(14)9(15)16/h2*4,6,8-10,13,17H,5,7,11H2,1-3H3,(H2,22,27)(H,25,28);3,5,7,10,12,14H,4,6,8H2,1-2H3;2-3H,1H3,(H2,10,13)(H,12,14)(H,15,16)/t13-,17+;13-,17-;;/m00../s1. The molecule has 0 aromatic carbocycles. The van der Waals surface area contributed by atoms with Crippen molar-refractivity contribution in [2.24, 2.45) is 35.0 Å². The second-order valence-electron chi connectivity index (χ2n) is 22.3. The zero-order chi connectivity index (χ0) is 66.6. The second-order valence-corrected chi connectivity index (χ2v) is 22.3. The number of aryl methyl sites for hydroxylation is 3. The van der Waals surface area contributed by atoms with E-state index in [1.54, 1.807) is 22.2 Å². The van der Waals surface area contributed by atoms with Crippen molar-refractivity contribution in [1.82, 2.24) is 45.0 Å². The molecule has 0 spiro atoms. The molecule has 9 heterocycles. The minimum absolute atomic E-state index is 0.00850. The molecule has 0 aliphatic carbocycles. The molecule has 0 saturated carbocycles. The predicted molar refractivity (Wildman–Crippen MR) is 333 cm³/mol. The Hall–Kier alpha value is -10.5. The van der Waals surface area contributed by atoms with Gasteiger partial charge in [-0.25, -0.2) is 19.7 Å². The van der Waals surface area contributed by atoms with Gasteiger partial charge in [0.1, 0.15) is 16.7 Å². The number of methoxy groups -OCH3 is 3. The normalized spacial score (nSPS) is 18.3. The fraction of sp³-hybridized carbons (Fsp3) is 0.381. The van der Waals surface area contributed by atoms with Crippen LogP contribution in [0.4, 0.5) is 17.1 Å². The van der Waals surface area contributed by atoms with Crippen LogP contribution in [0.15, 0.2) is 91.8 Å². The number of nitrogens with two attached hydrogens (primary N) is 3. The molecule has 3 aliphatic rings. The number of primary amides is 3. The van der Waals surface area contributed by atoms with Gasteiger partial charge in [0.05, 0.1) is 86.1 Å². The summed E-state index contributed by atoms with van der Waals surface area (Å²) in [5.41, 5.74) is 22.1. The first kappa shape index (κ1) is 69.6. The number of ether oxygens (including phenoxy) is 3. The minimum Gasteiger partial charge on any atom is -0.480 e. The minimum atomic E-state index is -1.65. The van der Waals surface area contributed by atoms with Crippen molar-refractivity contribution in [3.63, 3.8) is 0 Å². The molecule has 28 nitrogen and oxygen atoms in total. The summed E-state index contributed by atoms with van der Waals surface area (Å²) in [6.07, 6.45) is 15.1. The molecule has 0 bridgehead atoms. The Balaban J connectivity index is 0.000000202. The van der Waals surface area contributed by atoms with Gasteiger partial charge in [0.25, 0.3) is 17.7 Å². The lowest BCUT2D eigenvalue weighted by molar-refractivity contribution is -0.147. The quantitative estimate of drug-likeness (QED) is 0.0718. The average Bonchev–Trinajstić information content (AvgIpc) is 1.23. The van der Waals surface area contributed by atoms with Gasteiger partial charge in [0, 0.05) is 37.7 Å². The molecule has 2 unspecified atom stereocenters. The van der Waals surface area contributed by atoms with Crippen LogP contribution in [-0.2, 0) is 28.8 Å².